The summed E-state index contributed by atoms with van der Waals surface area (Å²) in [6.07, 6.45) is 1.68. The van der Waals surface area contributed by atoms with Gasteiger partial charge in [0.2, 0.25) is 0 Å². The number of hydrogen-bond acceptors (Lipinski definition) is 3. The Hall–Kier alpha value is -0.860. The molecule has 0 radical (unpaired) electrons. The van der Waals surface area contributed by atoms with Crippen LogP contribution in [0.4, 0.5) is 5.00 Å². The van der Waals surface area contributed by atoms with Crippen molar-refractivity contribution in [2.75, 3.05) is 14.1 Å². The first-order valence-electron chi connectivity index (χ1n) is 3.53. The maximum Gasteiger partial charge on any atom is 0.136 e. The Morgan fingerprint density at radius 3 is 2.92 bits per heavy atom. The summed E-state index contributed by atoms with van der Waals surface area (Å²) in [7, 11) is 3.77. The smallest absolute Gasteiger partial charge is 0.136 e. The van der Waals surface area contributed by atoms with E-state index in [0.717, 1.165) is 8.79 Å². The maximum atomic E-state index is 8.75. The first-order valence-corrected chi connectivity index (χ1v) is 5.14. The second kappa shape index (κ2) is 4.40. The van der Waals surface area contributed by atoms with Gasteiger partial charge in [-0.1, -0.05) is 0 Å². The van der Waals surface area contributed by atoms with Crippen molar-refractivity contribution < 1.29 is 0 Å². The molecule has 0 aliphatic carbocycles. The molecule has 68 valence electrons. The Balaban J connectivity index is 2.95. The van der Waals surface area contributed by atoms with Gasteiger partial charge in [-0.2, -0.15) is 5.26 Å². The van der Waals surface area contributed by atoms with Crippen molar-refractivity contribution >= 4 is 38.6 Å². The van der Waals surface area contributed by atoms with Gasteiger partial charge in [0.05, 0.1) is 15.7 Å². The van der Waals surface area contributed by atoms with Crippen LogP contribution in [-0.4, -0.2) is 25.3 Å². The molecule has 1 aromatic heterocycles. The molecule has 0 bridgehead atoms. The fourth-order valence-corrected chi connectivity index (χ4v) is 2.06. The molecule has 0 spiro atoms. The van der Waals surface area contributed by atoms with Crippen molar-refractivity contribution in [2.45, 2.75) is 0 Å². The van der Waals surface area contributed by atoms with Gasteiger partial charge in [0.15, 0.2) is 0 Å². The van der Waals surface area contributed by atoms with Gasteiger partial charge in [-0.15, -0.1) is 11.3 Å². The van der Waals surface area contributed by atoms with Crippen molar-refractivity contribution in [1.29, 1.82) is 5.26 Å². The number of aliphatic imine (C=N–C) groups is 1. The topological polar surface area (TPSA) is 39.4 Å². The standard InChI is InChI=1S/C8H8BrN3S/c1-12(2)5-11-8-6(4-10)3-7(9)13-8/h3,5H,1-2H3. The first-order chi connectivity index (χ1) is 6.13. The van der Waals surface area contributed by atoms with Crippen molar-refractivity contribution in [2.24, 2.45) is 4.99 Å². The Labute approximate surface area is 89.4 Å². The van der Waals surface area contributed by atoms with Gasteiger partial charge in [-0.05, 0) is 22.0 Å². The van der Waals surface area contributed by atoms with Crippen LogP contribution in [0, 0.1) is 11.3 Å². The van der Waals surface area contributed by atoms with Crippen molar-refractivity contribution in [3.05, 3.63) is 15.4 Å². The molecule has 1 rings (SSSR count). The zero-order valence-corrected chi connectivity index (χ0v) is 9.69. The summed E-state index contributed by atoms with van der Waals surface area (Å²) in [4.78, 5) is 5.99. The molecule has 0 unspecified atom stereocenters. The molecular weight excluding hydrogens is 250 g/mol. The Kier molecular flexibility index (Phi) is 3.46. The van der Waals surface area contributed by atoms with E-state index in [1.165, 1.54) is 11.3 Å². The van der Waals surface area contributed by atoms with E-state index >= 15 is 0 Å². The van der Waals surface area contributed by atoms with E-state index in [2.05, 4.69) is 27.0 Å². The molecule has 5 heteroatoms. The van der Waals surface area contributed by atoms with E-state index in [4.69, 9.17) is 5.26 Å². The van der Waals surface area contributed by atoms with Gasteiger partial charge in [-0.25, -0.2) is 4.99 Å². The molecule has 0 saturated carbocycles. The van der Waals surface area contributed by atoms with Crippen LogP contribution >= 0.6 is 27.3 Å². The molecule has 0 aliphatic rings. The second-order valence-corrected chi connectivity index (χ2v) is 5.00. The van der Waals surface area contributed by atoms with Crippen LogP contribution in [0.5, 0.6) is 0 Å². The van der Waals surface area contributed by atoms with E-state index in [-0.39, 0.29) is 0 Å². The predicted molar refractivity (Wildman–Crippen MR) is 58.6 cm³/mol. The van der Waals surface area contributed by atoms with Gasteiger partial charge in [0, 0.05) is 14.1 Å². The number of hydrogen-bond donors (Lipinski definition) is 0. The summed E-state index contributed by atoms with van der Waals surface area (Å²) in [6.45, 7) is 0. The third kappa shape index (κ3) is 2.83. The molecule has 0 amide bonds. The minimum absolute atomic E-state index is 0.606. The predicted octanol–water partition coefficient (Wildman–Crippen LogP) is 2.60. The molecule has 0 N–H and O–H groups in total. The van der Waals surface area contributed by atoms with Crippen LogP contribution in [0.2, 0.25) is 0 Å². The Morgan fingerprint density at radius 2 is 2.38 bits per heavy atom. The van der Waals surface area contributed by atoms with E-state index in [1.807, 2.05) is 19.0 Å². The molecule has 3 nitrogen and oxygen atoms in total. The summed E-state index contributed by atoms with van der Waals surface area (Å²) in [5.41, 5.74) is 0.606. The summed E-state index contributed by atoms with van der Waals surface area (Å²) < 4.78 is 0.926. The minimum atomic E-state index is 0.606. The summed E-state index contributed by atoms with van der Waals surface area (Å²) in [6, 6.07) is 3.86. The molecule has 0 saturated heterocycles. The molecule has 0 atom stereocenters. The zero-order valence-electron chi connectivity index (χ0n) is 7.28. The highest BCUT2D eigenvalue weighted by Gasteiger charge is 2.04. The SMILES string of the molecule is CN(C)C=Nc1sc(Br)cc1C#N. The monoisotopic (exact) mass is 257 g/mol. The van der Waals surface area contributed by atoms with E-state index in [0.29, 0.717) is 5.56 Å². The fourth-order valence-electron chi connectivity index (χ4n) is 0.696. The van der Waals surface area contributed by atoms with Gasteiger partial charge in [0.1, 0.15) is 11.1 Å². The lowest BCUT2D eigenvalue weighted by Crippen LogP contribution is -2.06. The van der Waals surface area contributed by atoms with Gasteiger partial charge >= 0.3 is 0 Å². The average Bonchev–Trinajstić information content (AvgIpc) is 2.42. The minimum Gasteiger partial charge on any atom is -0.369 e. The quantitative estimate of drug-likeness (QED) is 0.604. The molecule has 0 aliphatic heterocycles. The lowest BCUT2D eigenvalue weighted by molar-refractivity contribution is 0.643. The molecule has 1 aromatic rings. The van der Waals surface area contributed by atoms with Crippen LogP contribution in [0.25, 0.3) is 0 Å². The number of thiophene rings is 1. The molecule has 0 fully saturated rings. The van der Waals surface area contributed by atoms with Crippen LogP contribution < -0.4 is 0 Å². The second-order valence-electron chi connectivity index (χ2n) is 2.59. The van der Waals surface area contributed by atoms with Crippen LogP contribution in [0.15, 0.2) is 14.8 Å². The highest BCUT2D eigenvalue weighted by Crippen LogP contribution is 2.33. The van der Waals surface area contributed by atoms with E-state index < -0.39 is 0 Å². The number of nitrogens with zero attached hydrogens (tertiary/aromatic N) is 3. The molecule has 13 heavy (non-hydrogen) atoms. The average molecular weight is 258 g/mol. The van der Waals surface area contributed by atoms with Crippen molar-refractivity contribution in [1.82, 2.24) is 4.90 Å². The summed E-state index contributed by atoms with van der Waals surface area (Å²) in [5.74, 6) is 0. The maximum absolute atomic E-state index is 8.75. The van der Waals surface area contributed by atoms with Gasteiger partial charge in [0.25, 0.3) is 0 Å². The Bertz CT molecular complexity index is 362. The number of halogens is 1. The van der Waals surface area contributed by atoms with Gasteiger partial charge in [-0.3, -0.25) is 0 Å². The zero-order chi connectivity index (χ0) is 9.84. The fraction of sp³-hybridized carbons (Fsp3) is 0.250. The molecule has 1 heterocycles. The highest BCUT2D eigenvalue weighted by atomic mass is 79.9. The van der Waals surface area contributed by atoms with Crippen molar-refractivity contribution in [3.63, 3.8) is 0 Å². The number of nitriles is 1. The van der Waals surface area contributed by atoms with Crippen LogP contribution in [-0.2, 0) is 0 Å². The third-order valence-corrected chi connectivity index (χ3v) is 2.75. The Morgan fingerprint density at radius 1 is 1.69 bits per heavy atom. The largest absolute Gasteiger partial charge is 0.369 e. The normalized spacial score (nSPS) is 10.3. The summed E-state index contributed by atoms with van der Waals surface area (Å²) in [5, 5.41) is 9.48. The van der Waals surface area contributed by atoms with E-state index in [9.17, 15) is 0 Å². The van der Waals surface area contributed by atoms with E-state index in [1.54, 1.807) is 12.4 Å². The number of rotatable bonds is 2. The van der Waals surface area contributed by atoms with Crippen LogP contribution in [0.3, 0.4) is 0 Å². The lowest BCUT2D eigenvalue weighted by Gasteiger charge is -2.00. The lowest BCUT2D eigenvalue weighted by atomic mass is 10.4. The van der Waals surface area contributed by atoms with Gasteiger partial charge < -0.3 is 4.90 Å². The van der Waals surface area contributed by atoms with Crippen LogP contribution in [0.1, 0.15) is 5.56 Å². The highest BCUT2D eigenvalue weighted by molar-refractivity contribution is 9.11. The van der Waals surface area contributed by atoms with Crippen molar-refractivity contribution in [3.8, 4) is 6.07 Å². The third-order valence-electron chi connectivity index (χ3n) is 1.21. The first kappa shape index (κ1) is 10.2. The molecular formula is C8H8BrN3S. The summed E-state index contributed by atoms with van der Waals surface area (Å²) >= 11 is 4.76. The molecule has 0 aromatic carbocycles.